The average Bonchev–Trinajstić information content (AvgIpc) is 3.93. The average molecular weight is 750 g/mol. The topological polar surface area (TPSA) is 181 Å². The number of carbonyl (C=O) groups excluding carboxylic acids is 5. The fourth-order valence-electron chi connectivity index (χ4n) is 7.41. The molecule has 4 fully saturated rings. The second kappa shape index (κ2) is 14.4. The van der Waals surface area contributed by atoms with Crippen molar-refractivity contribution < 1.29 is 41.9 Å². The standard InChI is InChI=1S/C35H48ClN5O9S/c1-34(2,3)50-32(45)37-27-10-8-6-4-5-7-9-23-17-35(23,31(44)39-51(47,48)26-13-14-26)38-29(42)28-16-25(20-41(28)30(27)43)49-33(46)40-18-21-11-12-24(36)15-22(21)19-40/h11-12,15,23,25-28H,4-10,13-14,16-20H2,1-3H3,(H,37,45)(H,38,42)(H,39,44)/t23-,25-,27+,28+,35-/m1/s1. The Morgan fingerprint density at radius 2 is 1.67 bits per heavy atom. The van der Waals surface area contributed by atoms with E-state index in [1.165, 1.54) is 9.80 Å². The second-order valence-electron chi connectivity index (χ2n) is 15.6. The zero-order valence-corrected chi connectivity index (χ0v) is 30.9. The molecule has 5 atom stereocenters. The minimum atomic E-state index is -3.88. The largest absolute Gasteiger partial charge is 0.444 e. The van der Waals surface area contributed by atoms with Gasteiger partial charge in [0, 0.05) is 24.5 Å². The maximum absolute atomic E-state index is 14.3. The number of sulfonamides is 1. The molecular weight excluding hydrogens is 702 g/mol. The minimum Gasteiger partial charge on any atom is -0.444 e. The third kappa shape index (κ3) is 8.73. The highest BCUT2D eigenvalue weighted by Crippen LogP contribution is 2.48. The molecule has 1 aromatic rings. The fourth-order valence-corrected chi connectivity index (χ4v) is 8.97. The molecule has 1 aromatic carbocycles. The number of amides is 5. The molecule has 0 unspecified atom stereocenters. The second-order valence-corrected chi connectivity index (χ2v) is 18.0. The number of nitrogens with zero attached hydrogens (tertiary/aromatic N) is 2. The Bertz CT molecular complexity index is 1680. The minimum absolute atomic E-state index is 0.0577. The van der Waals surface area contributed by atoms with Crippen molar-refractivity contribution >= 4 is 51.5 Å². The molecule has 0 radical (unpaired) electrons. The summed E-state index contributed by atoms with van der Waals surface area (Å²) in [5.74, 6) is -2.24. The van der Waals surface area contributed by atoms with Crippen molar-refractivity contribution in [2.45, 2.75) is 139 Å². The fraction of sp³-hybridized carbons (Fsp3) is 0.686. The lowest BCUT2D eigenvalue weighted by Crippen LogP contribution is -2.58. The van der Waals surface area contributed by atoms with Crippen LogP contribution in [-0.4, -0.2) is 89.2 Å². The molecule has 3 heterocycles. The van der Waals surface area contributed by atoms with Crippen LogP contribution in [-0.2, 0) is 47.0 Å². The molecule has 14 nitrogen and oxygen atoms in total. The van der Waals surface area contributed by atoms with Crippen LogP contribution >= 0.6 is 11.6 Å². The van der Waals surface area contributed by atoms with Gasteiger partial charge in [0.05, 0.1) is 11.8 Å². The summed E-state index contributed by atoms with van der Waals surface area (Å²) in [4.78, 5) is 71.3. The van der Waals surface area contributed by atoms with Crippen molar-refractivity contribution in [2.24, 2.45) is 5.92 Å². The molecule has 5 aliphatic rings. The number of nitrogens with one attached hydrogen (secondary N) is 3. The smallest absolute Gasteiger partial charge is 0.410 e. The molecule has 0 spiro atoms. The predicted octanol–water partition coefficient (Wildman–Crippen LogP) is 3.88. The van der Waals surface area contributed by atoms with E-state index >= 15 is 0 Å². The number of hydrogen-bond acceptors (Lipinski definition) is 9. The molecule has 51 heavy (non-hydrogen) atoms. The molecule has 5 amide bonds. The summed E-state index contributed by atoms with van der Waals surface area (Å²) in [7, 11) is -3.88. The molecule has 2 saturated heterocycles. The first-order chi connectivity index (χ1) is 24.0. The van der Waals surface area contributed by atoms with Crippen LogP contribution in [0.5, 0.6) is 0 Å². The number of fused-ring (bicyclic) bond motifs is 3. The van der Waals surface area contributed by atoms with E-state index in [1.807, 2.05) is 6.07 Å². The van der Waals surface area contributed by atoms with Crippen molar-refractivity contribution in [3.8, 4) is 0 Å². The molecule has 0 aromatic heterocycles. The Labute approximate surface area is 303 Å². The molecule has 2 aliphatic carbocycles. The van der Waals surface area contributed by atoms with Gasteiger partial charge in [-0.25, -0.2) is 18.0 Å². The van der Waals surface area contributed by atoms with E-state index < -0.39 is 74.5 Å². The Kier molecular flexibility index (Phi) is 10.5. The quantitative estimate of drug-likeness (QED) is 0.403. The summed E-state index contributed by atoms with van der Waals surface area (Å²) in [6, 6.07) is 3.21. The van der Waals surface area contributed by atoms with Gasteiger partial charge >= 0.3 is 12.2 Å². The predicted molar refractivity (Wildman–Crippen MR) is 186 cm³/mol. The van der Waals surface area contributed by atoms with Crippen molar-refractivity contribution in [3.05, 3.63) is 34.3 Å². The summed E-state index contributed by atoms with van der Waals surface area (Å²) in [5, 5.41) is 5.49. The van der Waals surface area contributed by atoms with E-state index in [-0.39, 0.29) is 25.3 Å². The van der Waals surface area contributed by atoms with Crippen molar-refractivity contribution in [2.75, 3.05) is 6.54 Å². The Morgan fingerprint density at radius 3 is 2.37 bits per heavy atom. The molecule has 3 N–H and O–H groups in total. The Morgan fingerprint density at radius 1 is 0.980 bits per heavy atom. The van der Waals surface area contributed by atoms with E-state index in [0.29, 0.717) is 50.2 Å². The van der Waals surface area contributed by atoms with Crippen LogP contribution in [0.15, 0.2) is 18.2 Å². The van der Waals surface area contributed by atoms with E-state index in [1.54, 1.807) is 32.9 Å². The lowest BCUT2D eigenvalue weighted by Gasteiger charge is -2.30. The maximum atomic E-state index is 14.3. The van der Waals surface area contributed by atoms with E-state index in [4.69, 9.17) is 21.1 Å². The molecule has 0 bridgehead atoms. The highest BCUT2D eigenvalue weighted by molar-refractivity contribution is 7.91. The zero-order valence-electron chi connectivity index (χ0n) is 29.4. The lowest BCUT2D eigenvalue weighted by atomic mass is 10.0. The van der Waals surface area contributed by atoms with Crippen LogP contribution in [0.1, 0.15) is 103 Å². The van der Waals surface area contributed by atoms with Crippen molar-refractivity contribution in [1.29, 1.82) is 0 Å². The number of halogens is 1. The molecule has 2 saturated carbocycles. The van der Waals surface area contributed by atoms with Crippen LogP contribution in [0.25, 0.3) is 0 Å². The van der Waals surface area contributed by atoms with Gasteiger partial charge in [0.15, 0.2) is 0 Å². The summed E-state index contributed by atoms with van der Waals surface area (Å²) in [5.41, 5.74) is -0.423. The molecular formula is C35H48ClN5O9S. The van der Waals surface area contributed by atoms with Gasteiger partial charge < -0.3 is 25.0 Å². The first kappa shape index (κ1) is 37.2. The Balaban J connectivity index is 1.24. The first-order valence-corrected chi connectivity index (χ1v) is 19.9. The maximum Gasteiger partial charge on any atom is 0.410 e. The third-order valence-electron chi connectivity index (χ3n) is 10.4. The van der Waals surface area contributed by atoms with Gasteiger partial charge in [-0.2, -0.15) is 0 Å². The number of alkyl carbamates (subject to hydrolysis) is 1. The molecule has 16 heteroatoms. The number of benzene rings is 1. The molecule has 280 valence electrons. The van der Waals surface area contributed by atoms with Gasteiger partial charge in [-0.1, -0.05) is 49.8 Å². The van der Waals surface area contributed by atoms with E-state index in [9.17, 15) is 32.4 Å². The Hall–Kier alpha value is -3.59. The normalized spacial score (nSPS) is 28.6. The van der Waals surface area contributed by atoms with Gasteiger partial charge in [0.2, 0.25) is 21.8 Å². The monoisotopic (exact) mass is 749 g/mol. The number of hydrogen-bond donors (Lipinski definition) is 3. The lowest BCUT2D eigenvalue weighted by molar-refractivity contribution is -0.141. The summed E-state index contributed by atoms with van der Waals surface area (Å²) >= 11 is 6.15. The third-order valence-corrected chi connectivity index (χ3v) is 12.4. The summed E-state index contributed by atoms with van der Waals surface area (Å²) in [6.07, 6.45) is 3.74. The van der Waals surface area contributed by atoms with Gasteiger partial charge in [-0.15, -0.1) is 0 Å². The highest BCUT2D eigenvalue weighted by atomic mass is 35.5. The highest BCUT2D eigenvalue weighted by Gasteiger charge is 2.62. The molecule has 6 rings (SSSR count). The van der Waals surface area contributed by atoms with Gasteiger partial charge in [0.1, 0.15) is 29.3 Å². The summed E-state index contributed by atoms with van der Waals surface area (Å²) < 4.78 is 39.1. The van der Waals surface area contributed by atoms with Gasteiger partial charge in [0.25, 0.3) is 5.91 Å². The van der Waals surface area contributed by atoms with E-state index in [2.05, 4.69) is 15.4 Å². The SMILES string of the molecule is CC(C)(C)OC(=O)N[C@H]1CCCCCCC[C@@H]2C[C@@]2(C(=O)NS(=O)(=O)C2CC2)NC(=O)[C@@H]2C[C@@H](OC(=O)N3Cc4ccc(Cl)cc4C3)CN2C1=O. The van der Waals surface area contributed by atoms with Gasteiger partial charge in [-0.05, 0) is 82.1 Å². The van der Waals surface area contributed by atoms with Crippen LogP contribution in [0, 0.1) is 5.92 Å². The van der Waals surface area contributed by atoms with Crippen molar-refractivity contribution in [1.82, 2.24) is 25.2 Å². The van der Waals surface area contributed by atoms with Crippen LogP contribution in [0.4, 0.5) is 9.59 Å². The first-order valence-electron chi connectivity index (χ1n) is 18.0. The summed E-state index contributed by atoms with van der Waals surface area (Å²) in [6.45, 7) is 5.62. The van der Waals surface area contributed by atoms with E-state index in [0.717, 1.165) is 36.8 Å². The number of rotatable bonds is 5. The van der Waals surface area contributed by atoms with Crippen LogP contribution in [0.3, 0.4) is 0 Å². The van der Waals surface area contributed by atoms with Crippen LogP contribution in [0.2, 0.25) is 5.02 Å². The van der Waals surface area contributed by atoms with Crippen molar-refractivity contribution in [3.63, 3.8) is 0 Å². The van der Waals surface area contributed by atoms with Crippen LogP contribution < -0.4 is 15.4 Å². The number of carbonyl (C=O) groups is 5. The zero-order chi connectivity index (χ0) is 36.7. The van der Waals surface area contributed by atoms with Gasteiger partial charge in [-0.3, -0.25) is 24.0 Å². The molecule has 3 aliphatic heterocycles. The number of ether oxygens (including phenoxy) is 2.